The van der Waals surface area contributed by atoms with E-state index in [0.29, 0.717) is 18.2 Å². The monoisotopic (exact) mass is 328 g/mol. The second-order valence-electron chi connectivity index (χ2n) is 5.49. The average molecular weight is 328 g/mol. The first kappa shape index (κ1) is 17.8. The van der Waals surface area contributed by atoms with Crippen LogP contribution in [0.5, 0.6) is 11.6 Å². The van der Waals surface area contributed by atoms with Gasteiger partial charge in [-0.3, -0.25) is 0 Å². The summed E-state index contributed by atoms with van der Waals surface area (Å²) >= 11 is 0. The summed E-state index contributed by atoms with van der Waals surface area (Å²) in [5.74, 6) is 1.20. The van der Waals surface area contributed by atoms with E-state index in [2.05, 4.69) is 23.3 Å². The van der Waals surface area contributed by atoms with Gasteiger partial charge in [-0.15, -0.1) is 0 Å². The van der Waals surface area contributed by atoms with Crippen molar-refractivity contribution in [2.24, 2.45) is 0 Å². The van der Waals surface area contributed by atoms with E-state index in [1.807, 2.05) is 25.1 Å². The standard InChI is InChI=1S/C19H24N2O3/c1-4-15-13-16(18(23-3)21-14(15)2)9-8-12-20-19(22)24-17-10-6-5-7-11-17/h5-7,10-11,13H,4,8-9,12H2,1-3H3,(H,20,22). The van der Waals surface area contributed by atoms with E-state index in [4.69, 9.17) is 9.47 Å². The number of pyridine rings is 1. The summed E-state index contributed by atoms with van der Waals surface area (Å²) in [6, 6.07) is 11.2. The largest absolute Gasteiger partial charge is 0.481 e. The van der Waals surface area contributed by atoms with Gasteiger partial charge in [0, 0.05) is 17.8 Å². The Labute approximate surface area is 143 Å². The van der Waals surface area contributed by atoms with Crippen molar-refractivity contribution in [3.8, 4) is 11.6 Å². The third-order valence-corrected chi connectivity index (χ3v) is 3.78. The third-order valence-electron chi connectivity index (χ3n) is 3.78. The van der Waals surface area contributed by atoms with Gasteiger partial charge in [0.1, 0.15) is 5.75 Å². The number of nitrogens with zero attached hydrogens (tertiary/aromatic N) is 1. The minimum Gasteiger partial charge on any atom is -0.481 e. The number of aryl methyl sites for hydroxylation is 3. The van der Waals surface area contributed by atoms with Gasteiger partial charge in [0.25, 0.3) is 0 Å². The van der Waals surface area contributed by atoms with Crippen molar-refractivity contribution in [3.63, 3.8) is 0 Å². The molecule has 0 radical (unpaired) electrons. The molecule has 0 atom stereocenters. The Hall–Kier alpha value is -2.56. The normalized spacial score (nSPS) is 10.3. The molecule has 0 saturated heterocycles. The number of nitrogens with one attached hydrogen (secondary N) is 1. The highest BCUT2D eigenvalue weighted by Gasteiger charge is 2.09. The summed E-state index contributed by atoms with van der Waals surface area (Å²) in [4.78, 5) is 16.2. The second-order valence-corrected chi connectivity index (χ2v) is 5.49. The number of amides is 1. The summed E-state index contributed by atoms with van der Waals surface area (Å²) in [6.45, 7) is 4.64. The topological polar surface area (TPSA) is 60.5 Å². The number of carbonyl (C=O) groups excluding carboxylic acids is 1. The number of hydrogen-bond acceptors (Lipinski definition) is 4. The van der Waals surface area contributed by atoms with Crippen LogP contribution in [0.1, 0.15) is 30.2 Å². The number of aromatic nitrogens is 1. The lowest BCUT2D eigenvalue weighted by Crippen LogP contribution is -2.28. The van der Waals surface area contributed by atoms with Crippen LogP contribution in [-0.4, -0.2) is 24.7 Å². The minimum absolute atomic E-state index is 0.440. The van der Waals surface area contributed by atoms with Crippen LogP contribution in [0.2, 0.25) is 0 Å². The summed E-state index contributed by atoms with van der Waals surface area (Å²) in [7, 11) is 1.63. The van der Waals surface area contributed by atoms with E-state index in [1.165, 1.54) is 5.56 Å². The average Bonchev–Trinajstić information content (AvgIpc) is 2.60. The zero-order chi connectivity index (χ0) is 17.4. The minimum atomic E-state index is -0.440. The Morgan fingerprint density at radius 2 is 1.96 bits per heavy atom. The van der Waals surface area contributed by atoms with E-state index in [0.717, 1.165) is 30.5 Å². The van der Waals surface area contributed by atoms with Crippen molar-refractivity contribution < 1.29 is 14.3 Å². The summed E-state index contributed by atoms with van der Waals surface area (Å²) in [6.07, 6.45) is 2.07. The van der Waals surface area contributed by atoms with Crippen LogP contribution in [0.25, 0.3) is 0 Å². The van der Waals surface area contributed by atoms with E-state index in [9.17, 15) is 4.79 Å². The summed E-state index contributed by atoms with van der Waals surface area (Å²) < 4.78 is 10.5. The maximum atomic E-state index is 11.7. The molecule has 128 valence electrons. The predicted molar refractivity (Wildman–Crippen MR) is 93.7 cm³/mol. The number of ether oxygens (including phenoxy) is 2. The first-order valence-electron chi connectivity index (χ1n) is 8.18. The second kappa shape index (κ2) is 8.91. The molecular formula is C19H24N2O3. The zero-order valence-electron chi connectivity index (χ0n) is 14.5. The molecule has 2 aromatic rings. The number of methoxy groups -OCH3 is 1. The van der Waals surface area contributed by atoms with Crippen LogP contribution < -0.4 is 14.8 Å². The van der Waals surface area contributed by atoms with Crippen LogP contribution in [0.15, 0.2) is 36.4 Å². The van der Waals surface area contributed by atoms with Crippen LogP contribution in [0, 0.1) is 6.92 Å². The van der Waals surface area contributed by atoms with Crippen LogP contribution in [-0.2, 0) is 12.8 Å². The van der Waals surface area contributed by atoms with E-state index in [1.54, 1.807) is 19.2 Å². The third kappa shape index (κ3) is 4.98. The first-order valence-corrected chi connectivity index (χ1v) is 8.18. The van der Waals surface area contributed by atoms with Crippen molar-refractivity contribution in [2.45, 2.75) is 33.1 Å². The SMILES string of the molecule is CCc1cc(CCCNC(=O)Oc2ccccc2)c(OC)nc1C. The molecule has 0 aliphatic rings. The fourth-order valence-electron chi connectivity index (χ4n) is 2.49. The molecule has 1 aromatic carbocycles. The Balaban J connectivity index is 1.82. The molecule has 0 bridgehead atoms. The molecule has 5 heteroatoms. The highest BCUT2D eigenvalue weighted by molar-refractivity contribution is 5.70. The molecule has 0 saturated carbocycles. The molecule has 1 heterocycles. The van der Waals surface area contributed by atoms with Crippen molar-refractivity contribution in [1.82, 2.24) is 10.3 Å². The van der Waals surface area contributed by atoms with Gasteiger partial charge in [-0.1, -0.05) is 25.1 Å². The van der Waals surface area contributed by atoms with E-state index < -0.39 is 6.09 Å². The van der Waals surface area contributed by atoms with E-state index in [-0.39, 0.29) is 0 Å². The van der Waals surface area contributed by atoms with Gasteiger partial charge in [-0.05, 0) is 49.9 Å². The molecule has 0 spiro atoms. The van der Waals surface area contributed by atoms with Crippen LogP contribution in [0.3, 0.4) is 0 Å². The molecule has 2 rings (SSSR count). The fraction of sp³-hybridized carbons (Fsp3) is 0.368. The molecule has 0 unspecified atom stereocenters. The van der Waals surface area contributed by atoms with Crippen molar-refractivity contribution in [2.75, 3.05) is 13.7 Å². The maximum absolute atomic E-state index is 11.7. The highest BCUT2D eigenvalue weighted by atomic mass is 16.6. The number of hydrogen-bond donors (Lipinski definition) is 1. The van der Waals surface area contributed by atoms with Crippen molar-refractivity contribution >= 4 is 6.09 Å². The predicted octanol–water partition coefficient (Wildman–Crippen LogP) is 3.68. The van der Waals surface area contributed by atoms with Gasteiger partial charge in [-0.25, -0.2) is 9.78 Å². The number of rotatable bonds is 7. The number of benzene rings is 1. The van der Waals surface area contributed by atoms with Gasteiger partial charge in [0.05, 0.1) is 7.11 Å². The lowest BCUT2D eigenvalue weighted by molar-refractivity contribution is 0.200. The molecule has 0 aliphatic heterocycles. The lowest BCUT2D eigenvalue weighted by Gasteiger charge is -2.12. The fourth-order valence-corrected chi connectivity index (χ4v) is 2.49. The van der Waals surface area contributed by atoms with Gasteiger partial charge in [0.2, 0.25) is 5.88 Å². The Morgan fingerprint density at radius 1 is 1.21 bits per heavy atom. The lowest BCUT2D eigenvalue weighted by atomic mass is 10.1. The van der Waals surface area contributed by atoms with Gasteiger partial charge in [0.15, 0.2) is 0 Å². The molecule has 0 aliphatic carbocycles. The van der Waals surface area contributed by atoms with Gasteiger partial charge >= 0.3 is 6.09 Å². The summed E-state index contributed by atoms with van der Waals surface area (Å²) in [5, 5.41) is 2.76. The number of carbonyl (C=O) groups is 1. The van der Waals surface area contributed by atoms with Crippen LogP contribution >= 0.6 is 0 Å². The Kier molecular flexibility index (Phi) is 6.61. The molecule has 5 nitrogen and oxygen atoms in total. The highest BCUT2D eigenvalue weighted by Crippen LogP contribution is 2.21. The van der Waals surface area contributed by atoms with E-state index >= 15 is 0 Å². The smallest absolute Gasteiger partial charge is 0.412 e. The maximum Gasteiger partial charge on any atom is 0.412 e. The first-order chi connectivity index (χ1) is 11.6. The molecule has 1 N–H and O–H groups in total. The molecule has 1 aromatic heterocycles. The van der Waals surface area contributed by atoms with Crippen LogP contribution in [0.4, 0.5) is 4.79 Å². The molecular weight excluding hydrogens is 304 g/mol. The number of para-hydroxylation sites is 1. The molecule has 24 heavy (non-hydrogen) atoms. The molecule has 1 amide bonds. The quantitative estimate of drug-likeness (QED) is 0.788. The van der Waals surface area contributed by atoms with Crippen molar-refractivity contribution in [1.29, 1.82) is 0 Å². The molecule has 0 fully saturated rings. The zero-order valence-corrected chi connectivity index (χ0v) is 14.5. The van der Waals surface area contributed by atoms with Gasteiger partial charge in [-0.2, -0.15) is 0 Å². The summed E-state index contributed by atoms with van der Waals surface area (Å²) in [5.41, 5.74) is 3.29. The van der Waals surface area contributed by atoms with Crippen molar-refractivity contribution in [3.05, 3.63) is 53.2 Å². The van der Waals surface area contributed by atoms with Gasteiger partial charge < -0.3 is 14.8 Å². The Morgan fingerprint density at radius 3 is 2.62 bits per heavy atom. The Bertz CT molecular complexity index is 672.